The molecule has 2 saturated heterocycles. The summed E-state index contributed by atoms with van der Waals surface area (Å²) in [5.41, 5.74) is 0. The molecule has 0 aromatic heterocycles. The predicted molar refractivity (Wildman–Crippen MR) is 87.3 cm³/mol. The number of hydrogen-bond acceptors (Lipinski definition) is 3. The van der Waals surface area contributed by atoms with Gasteiger partial charge in [0, 0.05) is 19.0 Å². The Kier molecular flexibility index (Phi) is 6.97. The number of nitrogens with one attached hydrogen (secondary N) is 2. The Hall–Kier alpha value is -0.610. The average Bonchev–Trinajstić information content (AvgIpc) is 2.54. The lowest BCUT2D eigenvalue weighted by Gasteiger charge is -2.35. The molecule has 0 bridgehead atoms. The van der Waals surface area contributed by atoms with Gasteiger partial charge in [-0.15, -0.1) is 0 Å². The number of carbonyl (C=O) groups excluding carboxylic acids is 1. The zero-order valence-electron chi connectivity index (χ0n) is 13.9. The van der Waals surface area contributed by atoms with Crippen LogP contribution < -0.4 is 10.6 Å². The van der Waals surface area contributed by atoms with Crippen molar-refractivity contribution in [2.24, 2.45) is 11.8 Å². The van der Waals surface area contributed by atoms with Crippen molar-refractivity contribution in [3.05, 3.63) is 0 Å². The van der Waals surface area contributed by atoms with Gasteiger partial charge >= 0.3 is 0 Å². The number of rotatable bonds is 6. The Bertz CT molecular complexity index is 315. The Labute approximate surface area is 130 Å². The summed E-state index contributed by atoms with van der Waals surface area (Å²) in [6, 6.07) is 0.557. The van der Waals surface area contributed by atoms with Gasteiger partial charge < -0.3 is 10.6 Å². The highest BCUT2D eigenvalue weighted by Gasteiger charge is 2.24. The van der Waals surface area contributed by atoms with E-state index in [4.69, 9.17) is 0 Å². The summed E-state index contributed by atoms with van der Waals surface area (Å²) in [7, 11) is 0. The quantitative estimate of drug-likeness (QED) is 0.788. The van der Waals surface area contributed by atoms with Crippen molar-refractivity contribution < 1.29 is 4.79 Å². The van der Waals surface area contributed by atoms with Crippen LogP contribution in [0.4, 0.5) is 0 Å². The first-order valence-electron chi connectivity index (χ1n) is 8.92. The van der Waals surface area contributed by atoms with Crippen LogP contribution in [0.1, 0.15) is 52.4 Å². The van der Waals surface area contributed by atoms with E-state index in [9.17, 15) is 4.79 Å². The van der Waals surface area contributed by atoms with Gasteiger partial charge in [0.2, 0.25) is 5.91 Å². The zero-order valence-corrected chi connectivity index (χ0v) is 13.9. The Morgan fingerprint density at radius 1 is 1.29 bits per heavy atom. The zero-order chi connectivity index (χ0) is 15.1. The van der Waals surface area contributed by atoms with Crippen molar-refractivity contribution in [2.45, 2.75) is 58.4 Å². The third-order valence-corrected chi connectivity index (χ3v) is 5.39. The van der Waals surface area contributed by atoms with Gasteiger partial charge in [-0.2, -0.15) is 0 Å². The van der Waals surface area contributed by atoms with E-state index in [-0.39, 0.29) is 5.91 Å². The molecule has 0 aliphatic carbocycles. The molecule has 0 saturated carbocycles. The van der Waals surface area contributed by atoms with Crippen LogP contribution in [-0.4, -0.2) is 49.6 Å². The molecule has 0 aromatic rings. The smallest absolute Gasteiger partial charge is 0.220 e. The SMILES string of the molecule is CCN1CCCCC1CNC(=O)CC(C)C1CCNCC1. The van der Waals surface area contributed by atoms with Crippen LogP contribution in [-0.2, 0) is 4.79 Å². The van der Waals surface area contributed by atoms with Crippen molar-refractivity contribution in [2.75, 3.05) is 32.7 Å². The van der Waals surface area contributed by atoms with Crippen LogP contribution in [0.2, 0.25) is 0 Å². The topological polar surface area (TPSA) is 44.4 Å². The molecule has 2 heterocycles. The van der Waals surface area contributed by atoms with Gasteiger partial charge in [0.05, 0.1) is 0 Å². The molecule has 2 unspecified atom stereocenters. The Morgan fingerprint density at radius 2 is 2.05 bits per heavy atom. The average molecular weight is 295 g/mol. The normalized spacial score (nSPS) is 26.5. The van der Waals surface area contributed by atoms with Gasteiger partial charge in [0.1, 0.15) is 0 Å². The minimum Gasteiger partial charge on any atom is -0.355 e. The fourth-order valence-corrected chi connectivity index (χ4v) is 3.88. The fraction of sp³-hybridized carbons (Fsp3) is 0.941. The molecule has 21 heavy (non-hydrogen) atoms. The first kappa shape index (κ1) is 16.8. The van der Waals surface area contributed by atoms with Crippen LogP contribution in [0.3, 0.4) is 0 Å². The maximum Gasteiger partial charge on any atom is 0.220 e. The molecule has 2 atom stereocenters. The van der Waals surface area contributed by atoms with Gasteiger partial charge in [0.25, 0.3) is 0 Å². The molecular weight excluding hydrogens is 262 g/mol. The van der Waals surface area contributed by atoms with E-state index in [1.807, 2.05) is 0 Å². The van der Waals surface area contributed by atoms with Crippen LogP contribution in [0.15, 0.2) is 0 Å². The van der Waals surface area contributed by atoms with Gasteiger partial charge in [-0.3, -0.25) is 9.69 Å². The van der Waals surface area contributed by atoms with Crippen molar-refractivity contribution >= 4 is 5.91 Å². The Balaban J connectivity index is 1.68. The molecule has 122 valence electrons. The van der Waals surface area contributed by atoms with E-state index in [1.54, 1.807) is 0 Å². The second-order valence-corrected chi connectivity index (χ2v) is 6.85. The van der Waals surface area contributed by atoms with E-state index in [2.05, 4.69) is 29.4 Å². The molecule has 2 aliphatic rings. The summed E-state index contributed by atoms with van der Waals surface area (Å²) in [6.07, 6.45) is 7.00. The highest BCUT2D eigenvalue weighted by Crippen LogP contribution is 2.24. The summed E-state index contributed by atoms with van der Waals surface area (Å²) in [5, 5.41) is 6.59. The van der Waals surface area contributed by atoms with E-state index in [0.29, 0.717) is 18.4 Å². The summed E-state index contributed by atoms with van der Waals surface area (Å²) >= 11 is 0. The summed E-state index contributed by atoms with van der Waals surface area (Å²) in [4.78, 5) is 14.7. The molecule has 2 rings (SSSR count). The predicted octanol–water partition coefficient (Wildman–Crippen LogP) is 2.00. The monoisotopic (exact) mass is 295 g/mol. The number of carbonyl (C=O) groups is 1. The lowest BCUT2D eigenvalue weighted by molar-refractivity contribution is -0.122. The summed E-state index contributed by atoms with van der Waals surface area (Å²) in [6.45, 7) is 9.84. The van der Waals surface area contributed by atoms with E-state index in [1.165, 1.54) is 38.6 Å². The largest absolute Gasteiger partial charge is 0.355 e. The first-order valence-corrected chi connectivity index (χ1v) is 8.92. The first-order chi connectivity index (χ1) is 10.2. The van der Waals surface area contributed by atoms with Crippen LogP contribution in [0, 0.1) is 11.8 Å². The third kappa shape index (κ3) is 5.26. The molecule has 4 heteroatoms. The Morgan fingerprint density at radius 3 is 2.76 bits per heavy atom. The molecule has 4 nitrogen and oxygen atoms in total. The van der Waals surface area contributed by atoms with Crippen LogP contribution in [0.5, 0.6) is 0 Å². The fourth-order valence-electron chi connectivity index (χ4n) is 3.88. The molecule has 0 radical (unpaired) electrons. The van der Waals surface area contributed by atoms with Crippen LogP contribution in [0.25, 0.3) is 0 Å². The lowest BCUT2D eigenvalue weighted by Crippen LogP contribution is -2.46. The van der Waals surface area contributed by atoms with Gasteiger partial charge in [-0.1, -0.05) is 20.3 Å². The number of likely N-dealkylation sites (tertiary alicyclic amines) is 1. The van der Waals surface area contributed by atoms with E-state index in [0.717, 1.165) is 32.1 Å². The van der Waals surface area contributed by atoms with Gasteiger partial charge in [0.15, 0.2) is 0 Å². The molecule has 2 fully saturated rings. The second-order valence-electron chi connectivity index (χ2n) is 6.85. The highest BCUT2D eigenvalue weighted by molar-refractivity contribution is 5.76. The van der Waals surface area contributed by atoms with Crippen LogP contribution >= 0.6 is 0 Å². The highest BCUT2D eigenvalue weighted by atomic mass is 16.1. The summed E-state index contributed by atoms with van der Waals surface area (Å²) < 4.78 is 0. The van der Waals surface area contributed by atoms with E-state index < -0.39 is 0 Å². The minimum atomic E-state index is 0.252. The lowest BCUT2D eigenvalue weighted by atomic mass is 9.84. The third-order valence-electron chi connectivity index (χ3n) is 5.39. The molecule has 2 N–H and O–H groups in total. The standard InChI is InChI=1S/C17H33N3O/c1-3-20-11-5-4-6-16(20)13-19-17(21)12-14(2)15-7-9-18-10-8-15/h14-16,18H,3-13H2,1-2H3,(H,19,21). The molecule has 2 aliphatic heterocycles. The van der Waals surface area contributed by atoms with Crippen molar-refractivity contribution in [3.8, 4) is 0 Å². The number of likely N-dealkylation sites (N-methyl/N-ethyl adjacent to an activating group) is 1. The molecule has 0 spiro atoms. The molecule has 1 amide bonds. The number of piperidine rings is 2. The number of amides is 1. The van der Waals surface area contributed by atoms with Crippen molar-refractivity contribution in [1.29, 1.82) is 0 Å². The van der Waals surface area contributed by atoms with Gasteiger partial charge in [-0.05, 0) is 63.7 Å². The van der Waals surface area contributed by atoms with E-state index >= 15 is 0 Å². The van der Waals surface area contributed by atoms with Crippen molar-refractivity contribution in [1.82, 2.24) is 15.5 Å². The van der Waals surface area contributed by atoms with Crippen molar-refractivity contribution in [3.63, 3.8) is 0 Å². The second kappa shape index (κ2) is 8.74. The minimum absolute atomic E-state index is 0.252. The van der Waals surface area contributed by atoms with Gasteiger partial charge in [-0.25, -0.2) is 0 Å². The maximum atomic E-state index is 12.2. The number of nitrogens with zero attached hydrogens (tertiary/aromatic N) is 1. The summed E-state index contributed by atoms with van der Waals surface area (Å²) in [5.74, 6) is 1.49. The molecular formula is C17H33N3O. The molecule has 0 aromatic carbocycles. The number of hydrogen-bond donors (Lipinski definition) is 2. The maximum absolute atomic E-state index is 12.2.